The predicted molar refractivity (Wildman–Crippen MR) is 89.1 cm³/mol. The van der Waals surface area contributed by atoms with Gasteiger partial charge in [0, 0.05) is 7.92 Å². The summed E-state index contributed by atoms with van der Waals surface area (Å²) in [6.45, 7) is 21.6. The van der Waals surface area contributed by atoms with E-state index in [4.69, 9.17) is 0 Å². The Morgan fingerprint density at radius 2 is 0.565 bits per heavy atom. The average molecular weight is 378 g/mol. The summed E-state index contributed by atoms with van der Waals surface area (Å²) in [4.78, 5) is 0. The molecule has 0 aliphatic rings. The van der Waals surface area contributed by atoms with E-state index in [1.54, 1.807) is 0 Å². The first-order chi connectivity index (χ1) is 9.37. The molecule has 0 fully saturated rings. The largest absolute Gasteiger partial charge is 1.00 e. The molecule has 0 rings (SSSR count). The molecular formula is C12H29B2F8P. The molecule has 0 aromatic heterocycles. The lowest BCUT2D eigenvalue weighted by Gasteiger charge is -2.42. The smallest absolute Gasteiger partial charge is 0.418 e. The molecule has 0 radical (unpaired) electrons. The van der Waals surface area contributed by atoms with E-state index >= 15 is 0 Å². The molecule has 0 spiro atoms. The second-order valence-corrected chi connectivity index (χ2v) is 13.4. The third-order valence-electron chi connectivity index (χ3n) is 2.25. The maximum absolute atomic E-state index is 9.75. The molecule has 0 amide bonds. The molecule has 0 atom stereocenters. The van der Waals surface area contributed by atoms with Crippen LogP contribution in [-0.4, -0.2) is 30.0 Å². The van der Waals surface area contributed by atoms with Crippen molar-refractivity contribution in [3.63, 3.8) is 0 Å². The first kappa shape index (κ1) is 27.8. The lowest BCUT2D eigenvalue weighted by Crippen LogP contribution is -2.34. The van der Waals surface area contributed by atoms with Crippen molar-refractivity contribution in [2.75, 3.05) is 0 Å². The monoisotopic (exact) mass is 378 g/mol. The van der Waals surface area contributed by atoms with Crippen LogP contribution in [0.5, 0.6) is 0 Å². The second kappa shape index (κ2) is 8.91. The van der Waals surface area contributed by atoms with Gasteiger partial charge < -0.3 is 34.5 Å². The van der Waals surface area contributed by atoms with E-state index in [1.807, 2.05) is 0 Å². The Bertz CT molecular complexity index is 269. The quantitative estimate of drug-likeness (QED) is 0.236. The zero-order valence-electron chi connectivity index (χ0n) is 16.2. The van der Waals surface area contributed by atoms with Gasteiger partial charge in [0.1, 0.15) is 0 Å². The van der Waals surface area contributed by atoms with Crippen LogP contribution in [-0.2, 0) is 0 Å². The maximum atomic E-state index is 9.75. The van der Waals surface area contributed by atoms with Gasteiger partial charge in [0.2, 0.25) is 0 Å². The highest BCUT2D eigenvalue weighted by Gasteiger charge is 2.49. The van der Waals surface area contributed by atoms with Gasteiger partial charge in [-0.3, -0.25) is 0 Å². The molecular weight excluding hydrogens is 349 g/mol. The lowest BCUT2D eigenvalue weighted by atomic mass is 10.2. The Morgan fingerprint density at radius 1 is 0.478 bits per heavy atom. The predicted octanol–water partition coefficient (Wildman–Crippen LogP) is 7.31. The van der Waals surface area contributed by atoms with Gasteiger partial charge in [0.15, 0.2) is 0 Å². The van der Waals surface area contributed by atoms with Crippen LogP contribution >= 0.6 is 7.92 Å². The Balaban J connectivity index is -0.000000151. The molecule has 0 saturated heterocycles. The molecule has 11 heteroatoms. The van der Waals surface area contributed by atoms with Crippen molar-refractivity contribution in [1.82, 2.24) is 0 Å². The summed E-state index contributed by atoms with van der Waals surface area (Å²) < 4.78 is 78.0. The maximum Gasteiger partial charge on any atom is 1.00 e. The fourth-order valence-electron chi connectivity index (χ4n) is 3.38. The number of hydrogen-bond acceptors (Lipinski definition) is 0. The number of halogens is 8. The van der Waals surface area contributed by atoms with Crippen LogP contribution in [0.4, 0.5) is 34.5 Å². The fourth-order valence-corrected chi connectivity index (χ4v) is 10.1. The summed E-state index contributed by atoms with van der Waals surface area (Å²) in [5, 5.41) is 1.46. The van der Waals surface area contributed by atoms with Crippen molar-refractivity contribution in [1.29, 1.82) is 0 Å². The third kappa shape index (κ3) is 27.2. The van der Waals surface area contributed by atoms with Crippen molar-refractivity contribution in [2.24, 2.45) is 0 Å². The fraction of sp³-hybridized carbons (Fsp3) is 1.00. The van der Waals surface area contributed by atoms with Gasteiger partial charge in [-0.05, 0) is 62.3 Å². The van der Waals surface area contributed by atoms with E-state index in [-0.39, 0.29) is 1.43 Å². The van der Waals surface area contributed by atoms with E-state index < -0.39 is 22.4 Å². The minimum absolute atomic E-state index is 0. The van der Waals surface area contributed by atoms with Crippen LogP contribution in [0.15, 0.2) is 0 Å². The minimum Gasteiger partial charge on any atom is -0.418 e. The molecule has 0 aliphatic carbocycles. The summed E-state index contributed by atoms with van der Waals surface area (Å²) in [5.74, 6) is 0. The van der Waals surface area contributed by atoms with E-state index in [9.17, 15) is 34.5 Å². The SMILES string of the molecule is CC(C)(C)[PH+](C(C)(C)C)C(C)(C)C.F[B-](F)(F)F.F[B-](F)(F)F.[H+]. The zero-order chi connectivity index (χ0) is 20.1. The van der Waals surface area contributed by atoms with Crippen LogP contribution in [0.1, 0.15) is 63.7 Å². The number of rotatable bonds is 0. The summed E-state index contributed by atoms with van der Waals surface area (Å²) in [5.41, 5.74) is 0. The summed E-state index contributed by atoms with van der Waals surface area (Å²) >= 11 is 0. The standard InChI is InChI=1S/C12H27P.2BF4/c1-10(2,3)13(11(4,5)6)12(7,8)9;2*2-1(3,4)5/h1-9H3;;/q;2*-1/p+2. The molecule has 0 heterocycles. The highest BCUT2D eigenvalue weighted by atomic mass is 31.1. The Morgan fingerprint density at radius 3 is 0.565 bits per heavy atom. The molecule has 144 valence electrons. The minimum atomic E-state index is -6.00. The van der Waals surface area contributed by atoms with Gasteiger partial charge in [0.25, 0.3) is 0 Å². The molecule has 0 aliphatic heterocycles. The zero-order valence-corrected chi connectivity index (χ0v) is 16.2. The molecule has 0 aromatic rings. The van der Waals surface area contributed by atoms with Crippen LogP contribution in [0.3, 0.4) is 0 Å². The van der Waals surface area contributed by atoms with Crippen molar-refractivity contribution in [2.45, 2.75) is 77.8 Å². The summed E-state index contributed by atoms with van der Waals surface area (Å²) in [6, 6.07) is 0. The normalized spacial score (nSPS) is 13.8. The third-order valence-corrected chi connectivity index (χ3v) is 6.75. The molecule has 0 bridgehead atoms. The van der Waals surface area contributed by atoms with Gasteiger partial charge in [-0.25, -0.2) is 0 Å². The van der Waals surface area contributed by atoms with E-state index in [0.717, 1.165) is 0 Å². The summed E-state index contributed by atoms with van der Waals surface area (Å²) in [7, 11) is -12.4. The van der Waals surface area contributed by atoms with Gasteiger partial charge in [0.05, 0.1) is 15.5 Å². The molecule has 0 nitrogen and oxygen atoms in total. The molecule has 0 N–H and O–H groups in total. The van der Waals surface area contributed by atoms with Gasteiger partial charge in [-0.1, -0.05) is 0 Å². The van der Waals surface area contributed by atoms with E-state index in [0.29, 0.717) is 15.5 Å². The van der Waals surface area contributed by atoms with Crippen molar-refractivity contribution < 1.29 is 36.0 Å². The molecule has 0 aromatic carbocycles. The highest BCUT2D eigenvalue weighted by molar-refractivity contribution is 7.62. The van der Waals surface area contributed by atoms with Crippen LogP contribution in [0, 0.1) is 0 Å². The van der Waals surface area contributed by atoms with E-state index in [2.05, 4.69) is 62.3 Å². The number of hydrogen-bond donors (Lipinski definition) is 0. The Labute approximate surface area is 137 Å². The lowest BCUT2D eigenvalue weighted by molar-refractivity contribution is 0.366. The van der Waals surface area contributed by atoms with Crippen molar-refractivity contribution in [3.05, 3.63) is 0 Å². The Kier molecular flexibility index (Phi) is 10.8. The van der Waals surface area contributed by atoms with Crippen molar-refractivity contribution >= 4 is 22.4 Å². The molecule has 0 unspecified atom stereocenters. The van der Waals surface area contributed by atoms with Gasteiger partial charge in [-0.15, -0.1) is 0 Å². The van der Waals surface area contributed by atoms with Crippen LogP contribution in [0.2, 0.25) is 0 Å². The van der Waals surface area contributed by atoms with Crippen LogP contribution < -0.4 is 0 Å². The Hall–Kier alpha value is -0.000130. The summed E-state index contributed by atoms with van der Waals surface area (Å²) in [6.07, 6.45) is 0. The van der Waals surface area contributed by atoms with Crippen LogP contribution in [0.25, 0.3) is 0 Å². The van der Waals surface area contributed by atoms with Gasteiger partial charge >= 0.3 is 15.9 Å². The van der Waals surface area contributed by atoms with Gasteiger partial charge in [-0.2, -0.15) is 0 Å². The first-order valence-corrected chi connectivity index (χ1v) is 8.50. The van der Waals surface area contributed by atoms with E-state index in [1.165, 1.54) is 0 Å². The molecule has 0 saturated carbocycles. The molecule has 23 heavy (non-hydrogen) atoms. The average Bonchev–Trinajstić information content (AvgIpc) is 1.82. The second-order valence-electron chi connectivity index (χ2n) is 8.11. The first-order valence-electron chi connectivity index (χ1n) is 7.00. The van der Waals surface area contributed by atoms with Crippen molar-refractivity contribution in [3.8, 4) is 0 Å². The topological polar surface area (TPSA) is 0 Å². The highest BCUT2D eigenvalue weighted by Crippen LogP contribution is 2.66.